The maximum absolute atomic E-state index is 11.8. The third kappa shape index (κ3) is 3.34. The molecule has 2 nitrogen and oxygen atoms in total. The lowest BCUT2D eigenvalue weighted by Crippen LogP contribution is -2.49. The summed E-state index contributed by atoms with van der Waals surface area (Å²) in [5, 5.41) is 0.240. The van der Waals surface area contributed by atoms with Crippen molar-refractivity contribution in [3.8, 4) is 0 Å². The molecular weight excluding hydrogens is 276 g/mol. The standard InChI is InChI=1S/C18H32O2Si/c1-17(2,3)21(5,6)20-16-10-8-7-9-14-13-15(19)11-12-18(14,16)4/h13,16H,7-12H2,1-6H3/t16-,18-/m0/s1. The predicted molar refractivity (Wildman–Crippen MR) is 91.0 cm³/mol. The molecule has 0 aromatic rings. The lowest BCUT2D eigenvalue weighted by atomic mass is 9.69. The Bertz CT molecular complexity index is 445. The Labute approximate surface area is 131 Å². The van der Waals surface area contributed by atoms with Gasteiger partial charge in [0.2, 0.25) is 0 Å². The van der Waals surface area contributed by atoms with Gasteiger partial charge in [-0.2, -0.15) is 0 Å². The van der Waals surface area contributed by atoms with Gasteiger partial charge in [-0.1, -0.05) is 39.7 Å². The van der Waals surface area contributed by atoms with E-state index in [1.54, 1.807) is 0 Å². The van der Waals surface area contributed by atoms with Crippen LogP contribution < -0.4 is 0 Å². The highest BCUT2D eigenvalue weighted by molar-refractivity contribution is 6.74. The summed E-state index contributed by atoms with van der Waals surface area (Å²) >= 11 is 0. The van der Waals surface area contributed by atoms with E-state index in [2.05, 4.69) is 40.8 Å². The van der Waals surface area contributed by atoms with Crippen molar-refractivity contribution in [2.45, 2.75) is 90.5 Å². The van der Waals surface area contributed by atoms with Crippen LogP contribution in [0.5, 0.6) is 0 Å². The van der Waals surface area contributed by atoms with Crippen molar-refractivity contribution >= 4 is 14.1 Å². The van der Waals surface area contributed by atoms with E-state index in [0.29, 0.717) is 18.3 Å². The van der Waals surface area contributed by atoms with Gasteiger partial charge in [0, 0.05) is 11.8 Å². The molecule has 0 aromatic heterocycles. The summed E-state index contributed by atoms with van der Waals surface area (Å²) in [6, 6.07) is 0. The molecule has 2 aliphatic rings. The highest BCUT2D eigenvalue weighted by Gasteiger charge is 2.47. The Balaban J connectivity index is 2.30. The van der Waals surface area contributed by atoms with Crippen molar-refractivity contribution in [1.82, 2.24) is 0 Å². The predicted octanol–water partition coefficient (Wildman–Crippen LogP) is 5.25. The molecule has 1 fully saturated rings. The number of carbonyl (C=O) groups excluding carboxylic acids is 1. The number of carbonyl (C=O) groups is 1. The average Bonchev–Trinajstić information content (AvgIpc) is 2.49. The van der Waals surface area contributed by atoms with E-state index in [1.807, 2.05) is 6.08 Å². The molecule has 3 heteroatoms. The minimum absolute atomic E-state index is 0.0833. The molecule has 120 valence electrons. The Morgan fingerprint density at radius 1 is 1.24 bits per heavy atom. The normalized spacial score (nSPS) is 31.4. The molecule has 0 radical (unpaired) electrons. The zero-order valence-electron chi connectivity index (χ0n) is 14.7. The van der Waals surface area contributed by atoms with Crippen LogP contribution in [0.2, 0.25) is 18.1 Å². The van der Waals surface area contributed by atoms with Crippen LogP contribution in [0.4, 0.5) is 0 Å². The van der Waals surface area contributed by atoms with Crippen LogP contribution in [0, 0.1) is 5.41 Å². The molecule has 0 aromatic carbocycles. The summed E-state index contributed by atoms with van der Waals surface area (Å²) in [4.78, 5) is 11.8. The van der Waals surface area contributed by atoms with E-state index < -0.39 is 8.32 Å². The Morgan fingerprint density at radius 3 is 2.52 bits per heavy atom. The van der Waals surface area contributed by atoms with Gasteiger partial charge in [-0.15, -0.1) is 0 Å². The summed E-state index contributed by atoms with van der Waals surface area (Å²) in [5.41, 5.74) is 1.44. The number of ketones is 1. The molecule has 0 saturated heterocycles. The molecule has 2 atom stereocenters. The second kappa shape index (κ2) is 5.66. The Morgan fingerprint density at radius 2 is 1.90 bits per heavy atom. The monoisotopic (exact) mass is 308 g/mol. The first-order valence-corrected chi connectivity index (χ1v) is 11.4. The second-order valence-corrected chi connectivity index (χ2v) is 13.4. The molecule has 0 unspecified atom stereocenters. The minimum atomic E-state index is -1.77. The van der Waals surface area contributed by atoms with Crippen LogP contribution in [-0.2, 0) is 9.22 Å². The number of rotatable bonds is 2. The molecule has 2 rings (SSSR count). The summed E-state index contributed by atoms with van der Waals surface area (Å²) in [6.45, 7) is 13.9. The summed E-state index contributed by atoms with van der Waals surface area (Å²) < 4.78 is 6.82. The van der Waals surface area contributed by atoms with Gasteiger partial charge in [0.05, 0.1) is 6.10 Å². The van der Waals surface area contributed by atoms with Crippen LogP contribution in [-0.4, -0.2) is 20.2 Å². The molecule has 2 aliphatic carbocycles. The van der Waals surface area contributed by atoms with E-state index in [0.717, 1.165) is 19.3 Å². The zero-order valence-corrected chi connectivity index (χ0v) is 15.7. The first-order valence-electron chi connectivity index (χ1n) is 8.48. The van der Waals surface area contributed by atoms with Gasteiger partial charge in [0.25, 0.3) is 0 Å². The van der Waals surface area contributed by atoms with Gasteiger partial charge >= 0.3 is 0 Å². The summed E-state index contributed by atoms with van der Waals surface area (Å²) in [5.74, 6) is 0.315. The van der Waals surface area contributed by atoms with Crippen molar-refractivity contribution < 1.29 is 9.22 Å². The van der Waals surface area contributed by atoms with Crippen molar-refractivity contribution in [1.29, 1.82) is 0 Å². The molecular formula is C18H32O2Si. The van der Waals surface area contributed by atoms with E-state index in [1.165, 1.54) is 18.4 Å². The quantitative estimate of drug-likeness (QED) is 0.652. The molecule has 1 saturated carbocycles. The number of hydrogen-bond acceptors (Lipinski definition) is 2. The maximum atomic E-state index is 11.8. The fourth-order valence-electron chi connectivity index (χ4n) is 3.39. The zero-order chi connectivity index (χ0) is 15.9. The van der Waals surface area contributed by atoms with Gasteiger partial charge in [-0.05, 0) is 49.9 Å². The molecule has 0 heterocycles. The van der Waals surface area contributed by atoms with Crippen molar-refractivity contribution in [3.05, 3.63) is 11.6 Å². The summed E-state index contributed by atoms with van der Waals surface area (Å²) in [7, 11) is -1.77. The number of fused-ring (bicyclic) bond motifs is 1. The molecule has 0 aliphatic heterocycles. The lowest BCUT2D eigenvalue weighted by Gasteiger charge is -2.47. The fraction of sp³-hybridized carbons (Fsp3) is 0.833. The largest absolute Gasteiger partial charge is 0.413 e. The molecule has 0 spiro atoms. The van der Waals surface area contributed by atoms with Crippen molar-refractivity contribution in [3.63, 3.8) is 0 Å². The van der Waals surface area contributed by atoms with Crippen molar-refractivity contribution in [2.75, 3.05) is 0 Å². The Kier molecular flexibility index (Phi) is 4.57. The Hall–Kier alpha value is -0.413. The molecule has 0 N–H and O–H groups in total. The van der Waals surface area contributed by atoms with Gasteiger partial charge in [0.15, 0.2) is 14.1 Å². The van der Waals surface area contributed by atoms with Crippen LogP contribution in [0.3, 0.4) is 0 Å². The fourth-order valence-corrected chi connectivity index (χ4v) is 4.83. The van der Waals surface area contributed by atoms with Crippen LogP contribution >= 0.6 is 0 Å². The average molecular weight is 309 g/mol. The van der Waals surface area contributed by atoms with Gasteiger partial charge in [-0.25, -0.2) is 0 Å². The van der Waals surface area contributed by atoms with E-state index >= 15 is 0 Å². The van der Waals surface area contributed by atoms with Gasteiger partial charge in [0.1, 0.15) is 0 Å². The maximum Gasteiger partial charge on any atom is 0.192 e. The van der Waals surface area contributed by atoms with Crippen LogP contribution in [0.1, 0.15) is 66.2 Å². The first-order chi connectivity index (χ1) is 9.56. The van der Waals surface area contributed by atoms with Gasteiger partial charge < -0.3 is 4.43 Å². The lowest BCUT2D eigenvalue weighted by molar-refractivity contribution is -0.116. The smallest absolute Gasteiger partial charge is 0.192 e. The third-order valence-corrected chi connectivity index (χ3v) is 10.6. The molecule has 21 heavy (non-hydrogen) atoms. The number of hydrogen-bond donors (Lipinski definition) is 0. The van der Waals surface area contributed by atoms with Crippen LogP contribution in [0.25, 0.3) is 0 Å². The topological polar surface area (TPSA) is 26.3 Å². The third-order valence-electron chi connectivity index (χ3n) is 6.08. The van der Waals surface area contributed by atoms with E-state index in [-0.39, 0.29) is 10.5 Å². The number of allylic oxidation sites excluding steroid dienone is 1. The first kappa shape index (κ1) is 16.9. The van der Waals surface area contributed by atoms with Gasteiger partial charge in [-0.3, -0.25) is 4.79 Å². The highest BCUT2D eigenvalue weighted by Crippen LogP contribution is 2.49. The van der Waals surface area contributed by atoms with Crippen LogP contribution in [0.15, 0.2) is 11.6 Å². The molecule has 0 amide bonds. The second-order valence-electron chi connectivity index (χ2n) is 8.67. The highest BCUT2D eigenvalue weighted by atomic mass is 28.4. The summed E-state index contributed by atoms with van der Waals surface area (Å²) in [6.07, 6.45) is 8.55. The SMILES string of the molecule is CC(C)(C)[Si](C)(C)O[C@H]1CCCCC2=CC(=O)CC[C@@]21C. The van der Waals surface area contributed by atoms with E-state index in [4.69, 9.17) is 4.43 Å². The minimum Gasteiger partial charge on any atom is -0.413 e. The van der Waals surface area contributed by atoms with E-state index in [9.17, 15) is 4.79 Å². The molecule has 0 bridgehead atoms. The van der Waals surface area contributed by atoms with Crippen molar-refractivity contribution in [2.24, 2.45) is 5.41 Å².